The Morgan fingerprint density at radius 3 is 2.89 bits per heavy atom. The number of carbonyl (C=O) groups excluding carboxylic acids is 1. The van der Waals surface area contributed by atoms with Crippen LogP contribution >= 0.6 is 11.8 Å². The molecule has 4 nitrogen and oxygen atoms in total. The van der Waals surface area contributed by atoms with Gasteiger partial charge in [-0.3, -0.25) is 4.79 Å². The van der Waals surface area contributed by atoms with Crippen LogP contribution in [0, 0.1) is 5.92 Å². The molecule has 0 spiro atoms. The van der Waals surface area contributed by atoms with Crippen LogP contribution < -0.4 is 5.32 Å². The molecule has 2 unspecified atom stereocenters. The first-order valence-corrected chi connectivity index (χ1v) is 7.54. The highest BCUT2D eigenvalue weighted by Gasteiger charge is 2.13. The van der Waals surface area contributed by atoms with Gasteiger partial charge in [-0.2, -0.15) is 11.8 Å². The van der Waals surface area contributed by atoms with Crippen LogP contribution in [-0.4, -0.2) is 36.7 Å². The second kappa shape index (κ2) is 8.19. The van der Waals surface area contributed by atoms with E-state index in [0.29, 0.717) is 5.69 Å². The standard InChI is InChI=1S/C14H21NO3S/c1-10(9-19-3)14(17)15-12-6-4-5-11(7-12)13(16)8-18-2/h4-7,10,13,16H,8-9H2,1-3H3,(H,15,17). The van der Waals surface area contributed by atoms with Crippen molar-refractivity contribution in [3.05, 3.63) is 29.8 Å². The number of rotatable bonds is 7. The van der Waals surface area contributed by atoms with Crippen LogP contribution in [0.1, 0.15) is 18.6 Å². The number of aliphatic hydroxyl groups excluding tert-OH is 1. The maximum Gasteiger partial charge on any atom is 0.228 e. The van der Waals surface area contributed by atoms with E-state index in [4.69, 9.17) is 4.74 Å². The number of hydrogen-bond donors (Lipinski definition) is 2. The number of nitrogens with one attached hydrogen (secondary N) is 1. The van der Waals surface area contributed by atoms with Gasteiger partial charge < -0.3 is 15.2 Å². The van der Waals surface area contributed by atoms with Crippen molar-refractivity contribution < 1.29 is 14.6 Å². The molecule has 1 aromatic carbocycles. The molecule has 0 aliphatic heterocycles. The van der Waals surface area contributed by atoms with Crippen LogP contribution in [0.15, 0.2) is 24.3 Å². The monoisotopic (exact) mass is 283 g/mol. The van der Waals surface area contributed by atoms with Gasteiger partial charge in [-0.25, -0.2) is 0 Å². The van der Waals surface area contributed by atoms with E-state index in [9.17, 15) is 9.90 Å². The number of carbonyl (C=O) groups is 1. The fraction of sp³-hybridized carbons (Fsp3) is 0.500. The summed E-state index contributed by atoms with van der Waals surface area (Å²) in [7, 11) is 1.54. The van der Waals surface area contributed by atoms with Gasteiger partial charge in [-0.05, 0) is 24.0 Å². The van der Waals surface area contributed by atoms with Gasteiger partial charge in [0, 0.05) is 24.5 Å². The van der Waals surface area contributed by atoms with Gasteiger partial charge in [-0.1, -0.05) is 19.1 Å². The highest BCUT2D eigenvalue weighted by atomic mass is 32.2. The fourth-order valence-corrected chi connectivity index (χ4v) is 2.32. The summed E-state index contributed by atoms with van der Waals surface area (Å²) in [6.07, 6.45) is 1.30. The highest BCUT2D eigenvalue weighted by Crippen LogP contribution is 2.18. The summed E-state index contributed by atoms with van der Waals surface area (Å²) < 4.78 is 4.91. The molecular formula is C14H21NO3S. The summed E-state index contributed by atoms with van der Waals surface area (Å²) in [4.78, 5) is 11.9. The Labute approximate surface area is 118 Å². The Morgan fingerprint density at radius 2 is 2.26 bits per heavy atom. The summed E-state index contributed by atoms with van der Waals surface area (Å²) >= 11 is 1.65. The number of methoxy groups -OCH3 is 1. The van der Waals surface area contributed by atoms with E-state index in [-0.39, 0.29) is 18.4 Å². The molecule has 0 radical (unpaired) electrons. The van der Waals surface area contributed by atoms with Crippen molar-refractivity contribution in [3.8, 4) is 0 Å². The molecule has 106 valence electrons. The quantitative estimate of drug-likeness (QED) is 0.806. The summed E-state index contributed by atoms with van der Waals surface area (Å²) in [5.74, 6) is 0.743. The van der Waals surface area contributed by atoms with Crippen molar-refractivity contribution in [1.29, 1.82) is 0 Å². The fourth-order valence-electron chi connectivity index (χ4n) is 1.67. The summed E-state index contributed by atoms with van der Waals surface area (Å²) in [5, 5.41) is 12.7. The molecule has 0 saturated heterocycles. The molecule has 19 heavy (non-hydrogen) atoms. The molecular weight excluding hydrogens is 262 g/mol. The molecule has 1 aromatic rings. The molecule has 0 saturated carbocycles. The number of aliphatic hydroxyl groups is 1. The Hall–Kier alpha value is -1.04. The minimum absolute atomic E-state index is 0.00673. The first kappa shape index (κ1) is 16.0. The zero-order valence-corrected chi connectivity index (χ0v) is 12.4. The van der Waals surface area contributed by atoms with E-state index in [2.05, 4.69) is 5.32 Å². The molecule has 5 heteroatoms. The zero-order valence-electron chi connectivity index (χ0n) is 11.6. The van der Waals surface area contributed by atoms with Gasteiger partial charge in [0.05, 0.1) is 6.61 Å². The van der Waals surface area contributed by atoms with Gasteiger partial charge >= 0.3 is 0 Å². The molecule has 1 rings (SSSR count). The van der Waals surface area contributed by atoms with Crippen molar-refractivity contribution in [3.63, 3.8) is 0 Å². The molecule has 0 fully saturated rings. The number of amides is 1. The van der Waals surface area contributed by atoms with Crippen LogP contribution in [0.25, 0.3) is 0 Å². The van der Waals surface area contributed by atoms with Gasteiger partial charge in [-0.15, -0.1) is 0 Å². The highest BCUT2D eigenvalue weighted by molar-refractivity contribution is 7.98. The summed E-state index contributed by atoms with van der Waals surface area (Å²) in [6, 6.07) is 7.20. The maximum atomic E-state index is 11.9. The Balaban J connectivity index is 2.69. The van der Waals surface area contributed by atoms with E-state index in [1.807, 2.05) is 31.4 Å². The third-order valence-electron chi connectivity index (χ3n) is 2.73. The lowest BCUT2D eigenvalue weighted by Crippen LogP contribution is -2.22. The normalized spacial score (nSPS) is 13.9. The molecule has 0 aliphatic rings. The Bertz CT molecular complexity index is 411. The van der Waals surface area contributed by atoms with Crippen molar-refractivity contribution >= 4 is 23.4 Å². The van der Waals surface area contributed by atoms with Crippen molar-refractivity contribution in [1.82, 2.24) is 0 Å². The SMILES string of the molecule is COCC(O)c1cccc(NC(=O)C(C)CSC)c1. The number of benzene rings is 1. The average molecular weight is 283 g/mol. The lowest BCUT2D eigenvalue weighted by Gasteiger charge is -2.14. The van der Waals surface area contributed by atoms with Gasteiger partial charge in [0.25, 0.3) is 0 Å². The molecule has 0 aromatic heterocycles. The number of thioether (sulfide) groups is 1. The van der Waals surface area contributed by atoms with E-state index in [0.717, 1.165) is 11.3 Å². The van der Waals surface area contributed by atoms with E-state index < -0.39 is 6.10 Å². The minimum Gasteiger partial charge on any atom is -0.386 e. The number of ether oxygens (including phenoxy) is 1. The Kier molecular flexibility index (Phi) is 6.91. The zero-order chi connectivity index (χ0) is 14.3. The molecule has 2 N–H and O–H groups in total. The van der Waals surface area contributed by atoms with Gasteiger partial charge in [0.15, 0.2) is 0 Å². The number of anilines is 1. The van der Waals surface area contributed by atoms with Crippen molar-refractivity contribution in [2.45, 2.75) is 13.0 Å². The third-order valence-corrected chi connectivity index (χ3v) is 3.56. The van der Waals surface area contributed by atoms with Crippen LogP contribution in [0.3, 0.4) is 0 Å². The lowest BCUT2D eigenvalue weighted by atomic mass is 10.1. The second-order valence-corrected chi connectivity index (χ2v) is 5.35. The largest absolute Gasteiger partial charge is 0.386 e. The molecule has 0 bridgehead atoms. The van der Waals surface area contributed by atoms with Crippen LogP contribution in [-0.2, 0) is 9.53 Å². The van der Waals surface area contributed by atoms with Crippen molar-refractivity contribution in [2.24, 2.45) is 5.92 Å². The van der Waals surface area contributed by atoms with Crippen molar-refractivity contribution in [2.75, 3.05) is 31.0 Å². The lowest BCUT2D eigenvalue weighted by molar-refractivity contribution is -0.118. The predicted molar refractivity (Wildman–Crippen MR) is 79.5 cm³/mol. The minimum atomic E-state index is -0.675. The first-order valence-electron chi connectivity index (χ1n) is 6.15. The van der Waals surface area contributed by atoms with Gasteiger partial charge in [0.2, 0.25) is 5.91 Å². The molecule has 2 atom stereocenters. The average Bonchev–Trinajstić information content (AvgIpc) is 2.39. The van der Waals surface area contributed by atoms with E-state index in [1.165, 1.54) is 0 Å². The predicted octanol–water partition coefficient (Wildman–Crippen LogP) is 2.30. The summed E-state index contributed by atoms with van der Waals surface area (Å²) in [5.41, 5.74) is 1.43. The van der Waals surface area contributed by atoms with Crippen LogP contribution in [0.5, 0.6) is 0 Å². The second-order valence-electron chi connectivity index (χ2n) is 4.44. The van der Waals surface area contributed by atoms with Crippen LogP contribution in [0.2, 0.25) is 0 Å². The maximum absolute atomic E-state index is 11.9. The smallest absolute Gasteiger partial charge is 0.228 e. The Morgan fingerprint density at radius 1 is 1.53 bits per heavy atom. The van der Waals surface area contributed by atoms with Crippen LogP contribution in [0.4, 0.5) is 5.69 Å². The van der Waals surface area contributed by atoms with E-state index >= 15 is 0 Å². The van der Waals surface area contributed by atoms with E-state index in [1.54, 1.807) is 24.9 Å². The molecule has 0 heterocycles. The topological polar surface area (TPSA) is 58.6 Å². The number of hydrogen-bond acceptors (Lipinski definition) is 4. The third kappa shape index (κ3) is 5.22. The first-order chi connectivity index (χ1) is 9.08. The summed E-state index contributed by atoms with van der Waals surface area (Å²) in [6.45, 7) is 2.13. The van der Waals surface area contributed by atoms with Gasteiger partial charge in [0.1, 0.15) is 6.10 Å². The molecule has 1 amide bonds. The molecule has 0 aliphatic carbocycles.